The first-order valence-electron chi connectivity index (χ1n) is 10.0. The molecule has 0 aliphatic carbocycles. The number of carbonyl (C=O) groups is 3. The number of halogens is 3. The molecule has 1 aliphatic heterocycles. The first-order chi connectivity index (χ1) is 16.2. The molecule has 0 saturated carbocycles. The number of benzene rings is 2. The Hall–Kier alpha value is -1.95. The van der Waals surface area contributed by atoms with E-state index in [-0.39, 0.29) is 18.1 Å². The highest BCUT2D eigenvalue weighted by Crippen LogP contribution is 2.38. The van der Waals surface area contributed by atoms with Crippen molar-refractivity contribution in [3.63, 3.8) is 0 Å². The molecule has 3 rings (SSSR count). The number of methoxy groups -OCH3 is 1. The molecular formula is C23H20Cl2INO6S. The summed E-state index contributed by atoms with van der Waals surface area (Å²) in [4.78, 5) is 38.3. The predicted octanol–water partition coefficient (Wildman–Crippen LogP) is 6.17. The first kappa shape index (κ1) is 26.7. The van der Waals surface area contributed by atoms with Crippen LogP contribution < -0.4 is 9.47 Å². The maximum atomic E-state index is 12.8. The fourth-order valence-electron chi connectivity index (χ4n) is 3.09. The minimum atomic E-state index is -1.01. The van der Waals surface area contributed by atoms with Crippen molar-refractivity contribution in [3.8, 4) is 11.5 Å². The Morgan fingerprint density at radius 1 is 1.24 bits per heavy atom. The number of hydrogen-bond acceptors (Lipinski definition) is 7. The topological polar surface area (TPSA) is 82.1 Å². The molecule has 0 radical (unpaired) electrons. The van der Waals surface area contributed by atoms with E-state index >= 15 is 0 Å². The number of carbonyl (C=O) groups excluding carboxylic acids is 3. The molecule has 2 aromatic rings. The van der Waals surface area contributed by atoms with Gasteiger partial charge in [0.05, 0.1) is 22.2 Å². The van der Waals surface area contributed by atoms with E-state index in [1.54, 1.807) is 43.3 Å². The van der Waals surface area contributed by atoms with Gasteiger partial charge in [0.1, 0.15) is 12.6 Å². The van der Waals surface area contributed by atoms with Gasteiger partial charge >= 0.3 is 5.97 Å². The number of nitrogens with zero attached hydrogens (tertiary/aromatic N) is 1. The van der Waals surface area contributed by atoms with Crippen molar-refractivity contribution in [3.05, 3.63) is 60.0 Å². The fourth-order valence-corrected chi connectivity index (χ4v) is 5.24. The van der Waals surface area contributed by atoms with E-state index in [4.69, 9.17) is 37.4 Å². The molecule has 1 saturated heterocycles. The summed E-state index contributed by atoms with van der Waals surface area (Å²) in [6.07, 6.45) is 1.58. The van der Waals surface area contributed by atoms with Gasteiger partial charge in [-0.1, -0.05) is 29.3 Å². The van der Waals surface area contributed by atoms with E-state index < -0.39 is 23.2 Å². The summed E-state index contributed by atoms with van der Waals surface area (Å²) < 4.78 is 17.1. The summed E-state index contributed by atoms with van der Waals surface area (Å²) in [6, 6.07) is 7.64. The summed E-state index contributed by atoms with van der Waals surface area (Å²) in [5, 5.41) is 0.496. The molecule has 2 aromatic carbocycles. The number of thioether (sulfide) groups is 1. The molecule has 7 nitrogen and oxygen atoms in total. The fraction of sp³-hybridized carbons (Fsp3) is 0.261. The van der Waals surface area contributed by atoms with Crippen LogP contribution in [0, 0.1) is 3.57 Å². The van der Waals surface area contributed by atoms with E-state index in [1.165, 1.54) is 14.0 Å². The number of imide groups is 1. The van der Waals surface area contributed by atoms with Crippen molar-refractivity contribution in [1.82, 2.24) is 4.90 Å². The summed E-state index contributed by atoms with van der Waals surface area (Å²) >= 11 is 15.0. The zero-order valence-electron chi connectivity index (χ0n) is 18.4. The van der Waals surface area contributed by atoms with Crippen molar-refractivity contribution in [1.29, 1.82) is 0 Å². The highest BCUT2D eigenvalue weighted by Gasteiger charge is 2.41. The van der Waals surface area contributed by atoms with Crippen LogP contribution in [-0.2, 0) is 20.9 Å². The van der Waals surface area contributed by atoms with Gasteiger partial charge in [-0.15, -0.1) is 0 Å². The molecule has 1 atom stereocenters. The van der Waals surface area contributed by atoms with Crippen LogP contribution in [0.15, 0.2) is 35.2 Å². The van der Waals surface area contributed by atoms with Crippen molar-refractivity contribution >= 4 is 80.7 Å². The van der Waals surface area contributed by atoms with Crippen LogP contribution in [0.2, 0.25) is 10.0 Å². The second kappa shape index (κ2) is 11.7. The van der Waals surface area contributed by atoms with E-state index in [0.29, 0.717) is 27.1 Å². The SMILES string of the molecule is CCOC(=O)[C@@H](C)N1C(=O)S/C(=C/c2cc(I)c(OCc3ccc(Cl)cc3Cl)c(OC)c2)C1=O. The molecule has 1 aliphatic rings. The zero-order chi connectivity index (χ0) is 25.0. The predicted molar refractivity (Wildman–Crippen MR) is 140 cm³/mol. The Bertz CT molecular complexity index is 1170. The Balaban J connectivity index is 1.83. The molecule has 0 unspecified atom stereocenters. The summed E-state index contributed by atoms with van der Waals surface area (Å²) in [7, 11) is 1.51. The number of hydrogen-bond donors (Lipinski definition) is 0. The standard InChI is InChI=1S/C23H20Cl2INO6S/c1-4-32-22(29)12(2)27-21(28)19(34-23(27)30)9-13-7-17(26)20(18(8-13)31-3)33-11-14-5-6-15(24)10-16(14)25/h5-10,12H,4,11H2,1-3H3/b19-9+/t12-/m1/s1. The van der Waals surface area contributed by atoms with Gasteiger partial charge in [0, 0.05) is 15.6 Å². The highest BCUT2D eigenvalue weighted by molar-refractivity contribution is 14.1. The monoisotopic (exact) mass is 635 g/mol. The van der Waals surface area contributed by atoms with E-state index in [2.05, 4.69) is 22.6 Å². The number of amides is 2. The minimum Gasteiger partial charge on any atom is -0.493 e. The second-order valence-electron chi connectivity index (χ2n) is 7.04. The lowest BCUT2D eigenvalue weighted by molar-refractivity contribution is -0.150. The third kappa shape index (κ3) is 5.99. The molecule has 0 aromatic heterocycles. The molecule has 11 heteroatoms. The second-order valence-corrected chi connectivity index (χ2v) is 10.0. The number of ether oxygens (including phenoxy) is 3. The van der Waals surface area contributed by atoms with Crippen molar-refractivity contribution < 1.29 is 28.6 Å². The quantitative estimate of drug-likeness (QED) is 0.195. The van der Waals surface area contributed by atoms with Gasteiger partial charge in [-0.3, -0.25) is 14.5 Å². The van der Waals surface area contributed by atoms with Crippen LogP contribution in [0.4, 0.5) is 4.79 Å². The van der Waals surface area contributed by atoms with Gasteiger partial charge in [0.15, 0.2) is 11.5 Å². The number of esters is 1. The van der Waals surface area contributed by atoms with Crippen molar-refractivity contribution in [2.45, 2.75) is 26.5 Å². The number of rotatable bonds is 8. The first-order valence-corrected chi connectivity index (χ1v) is 12.7. The molecule has 34 heavy (non-hydrogen) atoms. The van der Waals surface area contributed by atoms with Crippen molar-refractivity contribution in [2.75, 3.05) is 13.7 Å². The highest BCUT2D eigenvalue weighted by atomic mass is 127. The Morgan fingerprint density at radius 2 is 1.97 bits per heavy atom. The van der Waals surface area contributed by atoms with Crippen LogP contribution in [0.5, 0.6) is 11.5 Å². The zero-order valence-corrected chi connectivity index (χ0v) is 22.9. The molecule has 1 fully saturated rings. The molecule has 0 spiro atoms. The van der Waals surface area contributed by atoms with E-state index in [0.717, 1.165) is 25.8 Å². The minimum absolute atomic E-state index is 0.159. The van der Waals surface area contributed by atoms with Crippen LogP contribution in [-0.4, -0.2) is 41.8 Å². The Labute approximate surface area is 224 Å². The molecule has 1 heterocycles. The lowest BCUT2D eigenvalue weighted by Gasteiger charge is -2.19. The molecule has 0 N–H and O–H groups in total. The lowest BCUT2D eigenvalue weighted by Crippen LogP contribution is -2.42. The summed E-state index contributed by atoms with van der Waals surface area (Å²) in [5.41, 5.74) is 1.39. The third-order valence-corrected chi connectivity index (χ3v) is 7.05. The van der Waals surface area contributed by atoms with E-state index in [1.807, 2.05) is 0 Å². The average Bonchev–Trinajstić information content (AvgIpc) is 3.06. The van der Waals surface area contributed by atoms with Crippen LogP contribution in [0.3, 0.4) is 0 Å². The smallest absolute Gasteiger partial charge is 0.329 e. The Kier molecular flexibility index (Phi) is 9.14. The van der Waals surface area contributed by atoms with Crippen LogP contribution in [0.1, 0.15) is 25.0 Å². The van der Waals surface area contributed by atoms with Gasteiger partial charge in [-0.25, -0.2) is 4.79 Å². The molecule has 180 valence electrons. The normalized spacial score (nSPS) is 15.6. The summed E-state index contributed by atoms with van der Waals surface area (Å²) in [5.74, 6) is -0.232. The van der Waals surface area contributed by atoms with Gasteiger partial charge in [0.25, 0.3) is 11.1 Å². The molecule has 0 bridgehead atoms. The van der Waals surface area contributed by atoms with Gasteiger partial charge in [-0.05, 0) is 84.1 Å². The van der Waals surface area contributed by atoms with Crippen LogP contribution in [0.25, 0.3) is 6.08 Å². The average molecular weight is 636 g/mol. The van der Waals surface area contributed by atoms with Crippen molar-refractivity contribution in [2.24, 2.45) is 0 Å². The lowest BCUT2D eigenvalue weighted by atomic mass is 10.1. The third-order valence-electron chi connectivity index (χ3n) is 4.78. The maximum Gasteiger partial charge on any atom is 0.329 e. The largest absolute Gasteiger partial charge is 0.493 e. The van der Waals surface area contributed by atoms with E-state index in [9.17, 15) is 14.4 Å². The van der Waals surface area contributed by atoms with Gasteiger partial charge in [0.2, 0.25) is 0 Å². The van der Waals surface area contributed by atoms with Gasteiger partial charge in [-0.2, -0.15) is 0 Å². The van der Waals surface area contributed by atoms with Crippen LogP contribution >= 0.6 is 57.6 Å². The maximum absolute atomic E-state index is 12.8. The summed E-state index contributed by atoms with van der Waals surface area (Å²) in [6.45, 7) is 3.48. The molecular weight excluding hydrogens is 616 g/mol. The van der Waals surface area contributed by atoms with Gasteiger partial charge < -0.3 is 14.2 Å². The Morgan fingerprint density at radius 3 is 2.62 bits per heavy atom. The molecule has 2 amide bonds.